The smallest absolute Gasteiger partial charge is 0.314 e. The van der Waals surface area contributed by atoms with Crippen molar-refractivity contribution in [2.24, 2.45) is 33.0 Å². The van der Waals surface area contributed by atoms with E-state index in [0.717, 1.165) is 5.56 Å². The molecule has 63 heavy (non-hydrogen) atoms. The van der Waals surface area contributed by atoms with Crippen LogP contribution >= 0.6 is 0 Å². The molecule has 11 heteroatoms. The minimum Gasteiger partial charge on any atom is -0.460 e. The molecule has 0 heterocycles. The van der Waals surface area contributed by atoms with Crippen LogP contribution in [0, 0.1) is 33.0 Å². The van der Waals surface area contributed by atoms with E-state index in [1.54, 1.807) is 0 Å². The lowest BCUT2D eigenvalue weighted by atomic mass is 9.28. The number of Topliss-reactive ketones (excluding diaryl/α,β-unsaturated/α-hetero) is 1. The van der Waals surface area contributed by atoms with Gasteiger partial charge in [-0.2, -0.15) is 0 Å². The van der Waals surface area contributed by atoms with Crippen molar-refractivity contribution in [1.29, 1.82) is 0 Å². The summed E-state index contributed by atoms with van der Waals surface area (Å²) in [6.45, 7) is 1.25. The van der Waals surface area contributed by atoms with Crippen molar-refractivity contribution in [2.45, 2.75) is 96.9 Å². The highest BCUT2D eigenvalue weighted by Gasteiger charge is 2.89. The summed E-state index contributed by atoms with van der Waals surface area (Å²) in [5.74, 6) is -5.31. The number of rotatable bonds is 14. The van der Waals surface area contributed by atoms with Crippen LogP contribution in [-0.4, -0.2) is 49.7 Å². The van der Waals surface area contributed by atoms with E-state index in [2.05, 4.69) is 0 Å². The molecule has 4 aromatic carbocycles. The maximum absolute atomic E-state index is 16.2. The number of fused-ring (bicyclic) bond motifs is 5. The van der Waals surface area contributed by atoms with Crippen molar-refractivity contribution in [2.75, 3.05) is 14.2 Å². The van der Waals surface area contributed by atoms with Crippen LogP contribution in [0.4, 0.5) is 0 Å². The second kappa shape index (κ2) is 17.5. The van der Waals surface area contributed by atoms with E-state index in [-0.39, 0.29) is 90.0 Å². The molecule has 8 rings (SSSR count). The average Bonchev–Trinajstić information content (AvgIpc) is 3.64. The quantitative estimate of drug-likeness (QED) is 0.0684. The lowest BCUT2D eigenvalue weighted by Crippen LogP contribution is -2.79. The fourth-order valence-corrected chi connectivity index (χ4v) is 12.3. The van der Waals surface area contributed by atoms with E-state index in [0.29, 0.717) is 16.7 Å². The van der Waals surface area contributed by atoms with Crippen molar-refractivity contribution in [1.82, 2.24) is 0 Å². The summed E-state index contributed by atoms with van der Waals surface area (Å²) in [7, 11) is 2.97. The largest absolute Gasteiger partial charge is 0.460 e. The molecule has 0 saturated heterocycles. The zero-order valence-corrected chi connectivity index (χ0v) is 36.3. The van der Waals surface area contributed by atoms with Gasteiger partial charge < -0.3 is 28.4 Å². The first-order valence-electron chi connectivity index (χ1n) is 21.9. The van der Waals surface area contributed by atoms with Gasteiger partial charge in [0.25, 0.3) is 0 Å². The van der Waals surface area contributed by atoms with Gasteiger partial charge in [-0.15, -0.1) is 0 Å². The summed E-state index contributed by atoms with van der Waals surface area (Å²) in [6.07, 6.45) is -0.137. The molecular formula is C52H56O11. The van der Waals surface area contributed by atoms with Crippen molar-refractivity contribution in [3.63, 3.8) is 0 Å². The fourth-order valence-electron chi connectivity index (χ4n) is 12.3. The van der Waals surface area contributed by atoms with Crippen molar-refractivity contribution in [3.8, 4) is 0 Å². The van der Waals surface area contributed by atoms with Crippen molar-refractivity contribution < 1.29 is 52.4 Å². The number of hydrogen-bond donors (Lipinski definition) is 0. The monoisotopic (exact) mass is 856 g/mol. The first kappa shape index (κ1) is 44.0. The van der Waals surface area contributed by atoms with Crippen LogP contribution in [0.1, 0.15) is 87.0 Å². The molecule has 0 bridgehead atoms. The summed E-state index contributed by atoms with van der Waals surface area (Å²) in [5, 5.41) is 0. The Hall–Kier alpha value is -5.65. The van der Waals surface area contributed by atoms with Crippen LogP contribution in [0.2, 0.25) is 0 Å². The Morgan fingerprint density at radius 2 is 0.921 bits per heavy atom. The zero-order chi connectivity index (χ0) is 44.4. The zero-order valence-electron chi connectivity index (χ0n) is 36.3. The highest BCUT2D eigenvalue weighted by atomic mass is 16.7. The molecule has 4 saturated carbocycles. The molecule has 4 aliphatic rings. The molecule has 4 aromatic rings. The third kappa shape index (κ3) is 7.08. The number of hydrogen-bond acceptors (Lipinski definition) is 11. The third-order valence-corrected chi connectivity index (χ3v) is 15.4. The second-order valence-electron chi connectivity index (χ2n) is 18.0. The molecule has 0 N–H and O–H groups in total. The Labute approximate surface area is 368 Å². The average molecular weight is 857 g/mol. The molecule has 330 valence electrons. The molecule has 6 atom stereocenters. The number of carbonyl (C=O) groups excluding carboxylic acids is 5. The summed E-state index contributed by atoms with van der Waals surface area (Å²) >= 11 is 0. The number of methoxy groups -OCH3 is 2. The van der Waals surface area contributed by atoms with E-state index < -0.39 is 62.7 Å². The van der Waals surface area contributed by atoms with Gasteiger partial charge in [0.1, 0.15) is 43.0 Å². The Bertz CT molecular complexity index is 2300. The topological polar surface area (TPSA) is 141 Å². The van der Waals surface area contributed by atoms with Crippen LogP contribution in [-0.2, 0) is 78.8 Å². The molecule has 0 aromatic heterocycles. The highest BCUT2D eigenvalue weighted by molar-refractivity contribution is 6.02. The maximum Gasteiger partial charge on any atom is 0.314 e. The van der Waals surface area contributed by atoms with Gasteiger partial charge >= 0.3 is 23.9 Å². The molecule has 11 nitrogen and oxygen atoms in total. The second-order valence-corrected chi connectivity index (χ2v) is 18.0. The summed E-state index contributed by atoms with van der Waals surface area (Å²) < 4.78 is 37.9. The third-order valence-electron chi connectivity index (χ3n) is 15.4. The van der Waals surface area contributed by atoms with Gasteiger partial charge in [-0.25, -0.2) is 0 Å². The highest BCUT2D eigenvalue weighted by Crippen LogP contribution is 2.81. The minimum absolute atomic E-state index is 0.0183. The van der Waals surface area contributed by atoms with Gasteiger partial charge in [-0.05, 0) is 66.7 Å². The molecule has 0 amide bonds. The predicted octanol–water partition coefficient (Wildman–Crippen LogP) is 8.65. The predicted molar refractivity (Wildman–Crippen MR) is 230 cm³/mol. The van der Waals surface area contributed by atoms with E-state index in [1.807, 2.05) is 128 Å². The Kier molecular flexibility index (Phi) is 12.2. The molecular weight excluding hydrogens is 801 g/mol. The summed E-state index contributed by atoms with van der Waals surface area (Å²) in [4.78, 5) is 78.2. The van der Waals surface area contributed by atoms with Crippen LogP contribution < -0.4 is 0 Å². The molecule has 0 spiro atoms. The SMILES string of the molecule is COC1(OC)CCC2(C(=O)OCc3ccccc3)C(C(=O)OCc3ccccc3)(CCC3(C(=O)OCc4ccccc4)C4CCC(=O)[C@@]4(C)CCC32C(=O)OCc2ccccc2)C1. The number of ether oxygens (including phenoxy) is 6. The van der Waals surface area contributed by atoms with E-state index >= 15 is 19.2 Å². The van der Waals surface area contributed by atoms with Gasteiger partial charge in [-0.1, -0.05) is 128 Å². The van der Waals surface area contributed by atoms with Crippen LogP contribution in [0.5, 0.6) is 0 Å². The normalized spacial score (nSPS) is 29.3. The van der Waals surface area contributed by atoms with Gasteiger partial charge in [0.2, 0.25) is 0 Å². The molecule has 0 aliphatic heterocycles. The van der Waals surface area contributed by atoms with E-state index in [9.17, 15) is 4.79 Å². The van der Waals surface area contributed by atoms with Gasteiger partial charge in [0.15, 0.2) is 5.79 Å². The molecule has 5 unspecified atom stereocenters. The maximum atomic E-state index is 16.2. The Morgan fingerprint density at radius 3 is 1.38 bits per heavy atom. The first-order valence-corrected chi connectivity index (χ1v) is 21.9. The van der Waals surface area contributed by atoms with Crippen molar-refractivity contribution >= 4 is 29.7 Å². The van der Waals surface area contributed by atoms with Crippen LogP contribution in [0.3, 0.4) is 0 Å². The van der Waals surface area contributed by atoms with Gasteiger partial charge in [0, 0.05) is 38.9 Å². The van der Waals surface area contributed by atoms with Gasteiger partial charge in [-0.3, -0.25) is 24.0 Å². The standard InChI is InChI=1S/C52H56O11/c1-47-26-30-52(46(57)63-35-40-22-14-7-15-23-40)50(41(47)24-25-42(47)53,44(55)61-33-38-18-10-5-11-19-38)29-27-48(43(54)60-32-37-16-8-4-9-17-37)36-49(58-2,59-3)28-31-51(48,52)45(56)62-34-39-20-12-6-13-21-39/h4-23,41H,24-36H2,1-3H3/t41?,47-,48?,50?,51?,52?/m0/s1. The van der Waals surface area contributed by atoms with E-state index in [1.165, 1.54) is 14.2 Å². The summed E-state index contributed by atoms with van der Waals surface area (Å²) in [5.41, 5.74) is -6.23. The molecule has 0 radical (unpaired) electrons. The number of ketones is 1. The summed E-state index contributed by atoms with van der Waals surface area (Å²) in [6, 6.07) is 36.7. The van der Waals surface area contributed by atoms with Crippen LogP contribution in [0.15, 0.2) is 121 Å². The van der Waals surface area contributed by atoms with Crippen LogP contribution in [0.25, 0.3) is 0 Å². The lowest BCUT2D eigenvalue weighted by Gasteiger charge is -2.71. The Morgan fingerprint density at radius 1 is 0.508 bits per heavy atom. The fraction of sp³-hybridized carbons (Fsp3) is 0.442. The number of esters is 4. The first-order chi connectivity index (χ1) is 30.5. The number of carbonyl (C=O) groups is 5. The molecule has 4 aliphatic carbocycles. The van der Waals surface area contributed by atoms with Crippen molar-refractivity contribution in [3.05, 3.63) is 144 Å². The van der Waals surface area contributed by atoms with Gasteiger partial charge in [0.05, 0.1) is 10.8 Å². The number of benzene rings is 4. The minimum atomic E-state index is -2.13. The Balaban J connectivity index is 1.39. The molecule has 4 fully saturated rings. The van der Waals surface area contributed by atoms with E-state index in [4.69, 9.17) is 28.4 Å². The lowest BCUT2D eigenvalue weighted by molar-refractivity contribution is -0.317.